The number of halogens is 1. The number of nitrogen functional groups attached to an aromatic ring is 1. The SMILES string of the molecule is Cc1nc(N)sc1C(=O)Nc1ccc(Br)c([N+](=O)[O-])c1. The lowest BCUT2D eigenvalue weighted by Gasteiger charge is -2.04. The highest BCUT2D eigenvalue weighted by Crippen LogP contribution is 2.28. The zero-order valence-corrected chi connectivity index (χ0v) is 12.6. The van der Waals surface area contributed by atoms with Crippen molar-refractivity contribution in [1.82, 2.24) is 4.98 Å². The molecule has 0 spiro atoms. The van der Waals surface area contributed by atoms with E-state index in [-0.39, 0.29) is 5.69 Å². The molecule has 2 aromatic rings. The maximum atomic E-state index is 12.0. The second-order valence-electron chi connectivity index (χ2n) is 3.84. The molecule has 0 saturated carbocycles. The first-order valence-corrected chi connectivity index (χ1v) is 6.97. The molecular formula is C11H9BrN4O3S. The number of hydrogen-bond acceptors (Lipinski definition) is 6. The van der Waals surface area contributed by atoms with Crippen LogP contribution in [0.4, 0.5) is 16.5 Å². The van der Waals surface area contributed by atoms with Crippen molar-refractivity contribution < 1.29 is 9.72 Å². The zero-order chi connectivity index (χ0) is 14.9. The first kappa shape index (κ1) is 14.4. The van der Waals surface area contributed by atoms with E-state index in [9.17, 15) is 14.9 Å². The van der Waals surface area contributed by atoms with Crippen LogP contribution in [0.15, 0.2) is 22.7 Å². The van der Waals surface area contributed by atoms with Gasteiger partial charge in [0.2, 0.25) is 0 Å². The van der Waals surface area contributed by atoms with E-state index < -0.39 is 10.8 Å². The molecule has 0 atom stereocenters. The van der Waals surface area contributed by atoms with E-state index in [1.165, 1.54) is 12.1 Å². The van der Waals surface area contributed by atoms with Crippen LogP contribution in [-0.2, 0) is 0 Å². The van der Waals surface area contributed by atoms with Crippen LogP contribution in [0, 0.1) is 17.0 Å². The molecule has 1 aromatic carbocycles. The fourth-order valence-corrected chi connectivity index (χ4v) is 2.67. The van der Waals surface area contributed by atoms with Gasteiger partial charge >= 0.3 is 0 Å². The van der Waals surface area contributed by atoms with Crippen LogP contribution in [-0.4, -0.2) is 15.8 Å². The quantitative estimate of drug-likeness (QED) is 0.648. The van der Waals surface area contributed by atoms with Crippen LogP contribution >= 0.6 is 27.3 Å². The van der Waals surface area contributed by atoms with E-state index in [2.05, 4.69) is 26.2 Å². The smallest absolute Gasteiger partial charge is 0.285 e. The minimum absolute atomic E-state index is 0.122. The van der Waals surface area contributed by atoms with Gasteiger partial charge in [0.1, 0.15) is 4.88 Å². The number of nitrogens with two attached hydrogens (primary N) is 1. The van der Waals surface area contributed by atoms with Crippen molar-refractivity contribution in [3.8, 4) is 0 Å². The van der Waals surface area contributed by atoms with Gasteiger partial charge in [-0.2, -0.15) is 0 Å². The maximum Gasteiger partial charge on any atom is 0.285 e. The molecule has 0 aliphatic carbocycles. The number of rotatable bonds is 3. The van der Waals surface area contributed by atoms with Gasteiger partial charge in [0.15, 0.2) is 5.13 Å². The van der Waals surface area contributed by atoms with E-state index in [0.717, 1.165) is 11.3 Å². The molecule has 1 heterocycles. The van der Waals surface area contributed by atoms with Crippen molar-refractivity contribution in [1.29, 1.82) is 0 Å². The Morgan fingerprint density at radius 1 is 1.55 bits per heavy atom. The van der Waals surface area contributed by atoms with Gasteiger partial charge in [0, 0.05) is 11.8 Å². The van der Waals surface area contributed by atoms with Gasteiger partial charge in [-0.05, 0) is 35.0 Å². The Balaban J connectivity index is 2.26. The first-order chi connectivity index (χ1) is 9.38. The van der Waals surface area contributed by atoms with E-state index in [1.807, 2.05) is 0 Å². The normalized spacial score (nSPS) is 10.3. The van der Waals surface area contributed by atoms with Crippen LogP contribution in [0.5, 0.6) is 0 Å². The van der Waals surface area contributed by atoms with Crippen molar-refractivity contribution in [2.45, 2.75) is 6.92 Å². The summed E-state index contributed by atoms with van der Waals surface area (Å²) in [6.45, 7) is 1.67. The van der Waals surface area contributed by atoms with Crippen molar-refractivity contribution in [2.24, 2.45) is 0 Å². The zero-order valence-electron chi connectivity index (χ0n) is 10.2. The van der Waals surface area contributed by atoms with Gasteiger partial charge in [-0.15, -0.1) is 0 Å². The molecule has 104 valence electrons. The Kier molecular flexibility index (Phi) is 4.00. The molecular weight excluding hydrogens is 348 g/mol. The van der Waals surface area contributed by atoms with Gasteiger partial charge < -0.3 is 11.1 Å². The van der Waals surface area contributed by atoms with Crippen molar-refractivity contribution in [3.05, 3.63) is 43.4 Å². The number of thiazole rings is 1. The average Bonchev–Trinajstić information content (AvgIpc) is 2.70. The molecule has 0 aliphatic heterocycles. The molecule has 0 bridgehead atoms. The largest absolute Gasteiger partial charge is 0.375 e. The molecule has 0 aliphatic rings. The number of aromatic nitrogens is 1. The summed E-state index contributed by atoms with van der Waals surface area (Å²) in [6.07, 6.45) is 0. The second-order valence-corrected chi connectivity index (χ2v) is 5.73. The fourth-order valence-electron chi connectivity index (χ4n) is 1.55. The van der Waals surface area contributed by atoms with Crippen LogP contribution < -0.4 is 11.1 Å². The van der Waals surface area contributed by atoms with Crippen LogP contribution in [0.25, 0.3) is 0 Å². The van der Waals surface area contributed by atoms with Crippen LogP contribution in [0.3, 0.4) is 0 Å². The molecule has 20 heavy (non-hydrogen) atoms. The summed E-state index contributed by atoms with van der Waals surface area (Å²) < 4.78 is 0.346. The standard InChI is InChI=1S/C11H9BrN4O3S/c1-5-9(20-11(13)14-5)10(17)15-6-2-3-7(12)8(4-6)16(18)19/h2-4H,1H3,(H2,13,14)(H,15,17). The van der Waals surface area contributed by atoms with E-state index in [0.29, 0.717) is 25.9 Å². The van der Waals surface area contributed by atoms with Gasteiger partial charge in [0.05, 0.1) is 15.1 Å². The number of aryl methyl sites for hydroxylation is 1. The molecule has 2 rings (SSSR count). The summed E-state index contributed by atoms with van der Waals surface area (Å²) in [7, 11) is 0. The third-order valence-electron chi connectivity index (χ3n) is 2.42. The van der Waals surface area contributed by atoms with Crippen molar-refractivity contribution in [2.75, 3.05) is 11.1 Å². The number of hydrogen-bond donors (Lipinski definition) is 2. The predicted molar refractivity (Wildman–Crippen MR) is 80.0 cm³/mol. The average molecular weight is 357 g/mol. The summed E-state index contributed by atoms with van der Waals surface area (Å²) in [5.41, 5.74) is 6.26. The lowest BCUT2D eigenvalue weighted by atomic mass is 10.2. The summed E-state index contributed by atoms with van der Waals surface area (Å²) in [5.74, 6) is -0.395. The first-order valence-electron chi connectivity index (χ1n) is 5.36. The molecule has 0 saturated heterocycles. The number of nitrogens with zero attached hydrogens (tertiary/aromatic N) is 2. The molecule has 0 radical (unpaired) electrons. The highest BCUT2D eigenvalue weighted by atomic mass is 79.9. The van der Waals surface area contributed by atoms with Crippen LogP contribution in [0.2, 0.25) is 0 Å². The summed E-state index contributed by atoms with van der Waals surface area (Å²) in [5, 5.41) is 13.7. The van der Waals surface area contributed by atoms with Gasteiger partial charge in [-0.1, -0.05) is 11.3 Å². The summed E-state index contributed by atoms with van der Waals surface area (Å²) >= 11 is 4.15. The Hall–Kier alpha value is -2.00. The van der Waals surface area contributed by atoms with E-state index >= 15 is 0 Å². The Morgan fingerprint density at radius 2 is 2.25 bits per heavy atom. The number of carbonyl (C=O) groups is 1. The Bertz CT molecular complexity index is 701. The lowest BCUT2D eigenvalue weighted by molar-refractivity contribution is -0.385. The topological polar surface area (TPSA) is 111 Å². The lowest BCUT2D eigenvalue weighted by Crippen LogP contribution is -2.11. The number of nitro groups is 1. The Labute approximate surface area is 126 Å². The number of benzene rings is 1. The highest BCUT2D eigenvalue weighted by Gasteiger charge is 2.17. The van der Waals surface area contributed by atoms with Crippen molar-refractivity contribution in [3.63, 3.8) is 0 Å². The summed E-state index contributed by atoms with van der Waals surface area (Å²) in [4.78, 5) is 26.7. The van der Waals surface area contributed by atoms with Gasteiger partial charge in [-0.3, -0.25) is 14.9 Å². The molecule has 9 heteroatoms. The maximum absolute atomic E-state index is 12.0. The molecule has 0 fully saturated rings. The van der Waals surface area contributed by atoms with E-state index in [1.54, 1.807) is 13.0 Å². The number of nitrogens with one attached hydrogen (secondary N) is 1. The molecule has 1 amide bonds. The number of amides is 1. The summed E-state index contributed by atoms with van der Waals surface area (Å²) in [6, 6.07) is 4.35. The minimum atomic E-state index is -0.532. The molecule has 3 N–H and O–H groups in total. The number of anilines is 2. The second kappa shape index (κ2) is 5.55. The number of nitro benzene ring substituents is 1. The fraction of sp³-hybridized carbons (Fsp3) is 0.0909. The van der Waals surface area contributed by atoms with Crippen LogP contribution in [0.1, 0.15) is 15.4 Å². The molecule has 1 aromatic heterocycles. The van der Waals surface area contributed by atoms with Gasteiger partial charge in [-0.25, -0.2) is 4.98 Å². The van der Waals surface area contributed by atoms with Gasteiger partial charge in [0.25, 0.3) is 11.6 Å². The van der Waals surface area contributed by atoms with E-state index in [4.69, 9.17) is 5.73 Å². The highest BCUT2D eigenvalue weighted by molar-refractivity contribution is 9.10. The third-order valence-corrected chi connectivity index (χ3v) is 4.08. The number of carbonyl (C=O) groups excluding carboxylic acids is 1. The molecule has 0 unspecified atom stereocenters. The molecule has 7 nitrogen and oxygen atoms in total. The minimum Gasteiger partial charge on any atom is -0.375 e. The van der Waals surface area contributed by atoms with Crippen molar-refractivity contribution >= 4 is 49.7 Å². The predicted octanol–water partition coefficient (Wildman–Crippen LogP) is 2.96. The monoisotopic (exact) mass is 356 g/mol. The Morgan fingerprint density at radius 3 is 2.80 bits per heavy atom. The third kappa shape index (κ3) is 2.94.